The highest BCUT2D eigenvalue weighted by molar-refractivity contribution is 6.29. The van der Waals surface area contributed by atoms with Crippen LogP contribution in [0.15, 0.2) is 24.3 Å². The van der Waals surface area contributed by atoms with Crippen LogP contribution in [0.4, 0.5) is 4.39 Å². The molecule has 19 heavy (non-hydrogen) atoms. The van der Waals surface area contributed by atoms with Crippen LogP contribution in [0.3, 0.4) is 0 Å². The molecule has 1 heterocycles. The predicted octanol–water partition coefficient (Wildman–Crippen LogP) is 4.03. The molecule has 0 saturated heterocycles. The fourth-order valence-corrected chi connectivity index (χ4v) is 1.82. The minimum absolute atomic E-state index is 0.115. The quantitative estimate of drug-likeness (QED) is 0.796. The molecule has 100 valence electrons. The van der Waals surface area contributed by atoms with Crippen LogP contribution in [0, 0.1) is 12.7 Å². The van der Waals surface area contributed by atoms with Crippen molar-refractivity contribution in [2.24, 2.45) is 0 Å². The van der Waals surface area contributed by atoms with Crippen LogP contribution in [0.25, 0.3) is 11.4 Å². The van der Waals surface area contributed by atoms with Gasteiger partial charge in [0.15, 0.2) is 16.8 Å². The van der Waals surface area contributed by atoms with Crippen molar-refractivity contribution in [2.45, 2.75) is 26.9 Å². The van der Waals surface area contributed by atoms with E-state index in [9.17, 15) is 4.39 Å². The number of ether oxygens (including phenoxy) is 1. The fraction of sp³-hybridized carbons (Fsp3) is 0.286. The molecule has 0 spiro atoms. The normalized spacial score (nSPS) is 10.8. The van der Waals surface area contributed by atoms with Crippen LogP contribution in [-0.2, 0) is 0 Å². The smallest absolute Gasteiger partial charge is 0.181 e. The van der Waals surface area contributed by atoms with Gasteiger partial charge in [-0.05, 0) is 45.0 Å². The van der Waals surface area contributed by atoms with Crippen LogP contribution < -0.4 is 4.74 Å². The summed E-state index contributed by atoms with van der Waals surface area (Å²) in [5.41, 5.74) is 0.999. The average molecular weight is 281 g/mol. The molecule has 1 aromatic heterocycles. The van der Waals surface area contributed by atoms with Crippen molar-refractivity contribution < 1.29 is 9.13 Å². The molecule has 5 heteroatoms. The van der Waals surface area contributed by atoms with Gasteiger partial charge in [0, 0.05) is 5.56 Å². The highest BCUT2D eigenvalue weighted by Gasteiger charge is 2.11. The molecule has 2 rings (SSSR count). The van der Waals surface area contributed by atoms with Crippen molar-refractivity contribution in [1.29, 1.82) is 0 Å². The van der Waals surface area contributed by atoms with Gasteiger partial charge in [0.1, 0.15) is 5.75 Å². The standard InChI is InChI=1S/C14H14ClFN2O/c1-8(2)19-11-6-4-10(5-7-11)14-17-9(3)12(16)13(15)18-14/h4-8H,1-3H3. The van der Waals surface area contributed by atoms with Gasteiger partial charge in [-0.2, -0.15) is 0 Å². The first kappa shape index (κ1) is 13.7. The molecule has 0 fully saturated rings. The number of rotatable bonds is 3. The largest absolute Gasteiger partial charge is 0.491 e. The maximum absolute atomic E-state index is 13.4. The summed E-state index contributed by atoms with van der Waals surface area (Å²) in [5.74, 6) is 0.592. The minimum atomic E-state index is -0.579. The van der Waals surface area contributed by atoms with Gasteiger partial charge in [0.05, 0.1) is 11.8 Å². The molecule has 0 unspecified atom stereocenters. The Labute approximate surface area is 116 Å². The van der Waals surface area contributed by atoms with Crippen molar-refractivity contribution in [2.75, 3.05) is 0 Å². The van der Waals surface area contributed by atoms with Gasteiger partial charge < -0.3 is 4.74 Å². The van der Waals surface area contributed by atoms with Gasteiger partial charge >= 0.3 is 0 Å². The number of aromatic nitrogens is 2. The highest BCUT2D eigenvalue weighted by Crippen LogP contribution is 2.23. The van der Waals surface area contributed by atoms with E-state index in [-0.39, 0.29) is 17.0 Å². The Hall–Kier alpha value is -1.68. The Balaban J connectivity index is 2.32. The van der Waals surface area contributed by atoms with Crippen LogP contribution in [0.1, 0.15) is 19.5 Å². The zero-order chi connectivity index (χ0) is 14.0. The van der Waals surface area contributed by atoms with E-state index in [0.717, 1.165) is 11.3 Å². The molecule has 0 N–H and O–H groups in total. The summed E-state index contributed by atoms with van der Waals surface area (Å²) in [5, 5.41) is -0.162. The zero-order valence-electron chi connectivity index (χ0n) is 10.9. The Bertz CT molecular complexity index is 561. The molecule has 0 saturated carbocycles. The number of benzene rings is 1. The van der Waals surface area contributed by atoms with E-state index >= 15 is 0 Å². The second kappa shape index (κ2) is 5.53. The molecule has 0 aliphatic rings. The average Bonchev–Trinajstić information content (AvgIpc) is 2.35. The first-order valence-corrected chi connectivity index (χ1v) is 6.32. The summed E-state index contributed by atoms with van der Waals surface area (Å²) in [6, 6.07) is 7.29. The molecule has 3 nitrogen and oxygen atoms in total. The van der Waals surface area contributed by atoms with Crippen LogP contribution >= 0.6 is 11.6 Å². The van der Waals surface area contributed by atoms with E-state index in [0.29, 0.717) is 5.82 Å². The van der Waals surface area contributed by atoms with E-state index in [1.54, 1.807) is 6.92 Å². The summed E-state index contributed by atoms with van der Waals surface area (Å²) in [6.07, 6.45) is 0.115. The van der Waals surface area contributed by atoms with Crippen molar-refractivity contribution >= 4 is 11.6 Å². The molecule has 2 aromatic rings. The number of hydrogen-bond acceptors (Lipinski definition) is 3. The molecule has 0 bridgehead atoms. The van der Waals surface area contributed by atoms with Crippen molar-refractivity contribution in [3.63, 3.8) is 0 Å². The van der Waals surface area contributed by atoms with Crippen LogP contribution in [-0.4, -0.2) is 16.1 Å². The van der Waals surface area contributed by atoms with Crippen molar-refractivity contribution in [1.82, 2.24) is 9.97 Å². The molecule has 0 radical (unpaired) electrons. The monoisotopic (exact) mass is 280 g/mol. The first-order valence-electron chi connectivity index (χ1n) is 5.94. The molecule has 0 aliphatic heterocycles. The molecular formula is C14H14ClFN2O. The van der Waals surface area contributed by atoms with Gasteiger partial charge in [-0.25, -0.2) is 14.4 Å². The third kappa shape index (κ3) is 3.20. The van der Waals surface area contributed by atoms with Crippen molar-refractivity contribution in [3.8, 4) is 17.1 Å². The Kier molecular flexibility index (Phi) is 4.00. The second-order valence-electron chi connectivity index (χ2n) is 4.43. The molecule has 0 aliphatic carbocycles. The third-order valence-corrected chi connectivity index (χ3v) is 2.71. The maximum Gasteiger partial charge on any atom is 0.181 e. The molecule has 0 atom stereocenters. The number of aryl methyl sites for hydroxylation is 1. The lowest BCUT2D eigenvalue weighted by Crippen LogP contribution is -2.05. The van der Waals surface area contributed by atoms with Gasteiger partial charge in [0.2, 0.25) is 0 Å². The maximum atomic E-state index is 13.4. The van der Waals surface area contributed by atoms with Gasteiger partial charge in [-0.15, -0.1) is 0 Å². The summed E-state index contributed by atoms with van der Waals surface area (Å²) in [6.45, 7) is 5.48. The molecular weight excluding hydrogens is 267 g/mol. The fourth-order valence-electron chi connectivity index (χ4n) is 1.61. The van der Waals surface area contributed by atoms with Crippen LogP contribution in [0.5, 0.6) is 5.75 Å². The zero-order valence-corrected chi connectivity index (χ0v) is 11.7. The Morgan fingerprint density at radius 2 is 1.79 bits per heavy atom. The summed E-state index contributed by atoms with van der Waals surface area (Å²) >= 11 is 5.72. The number of nitrogens with zero attached hydrogens (tertiary/aromatic N) is 2. The lowest BCUT2D eigenvalue weighted by atomic mass is 10.2. The lowest BCUT2D eigenvalue weighted by molar-refractivity contribution is 0.242. The SMILES string of the molecule is Cc1nc(-c2ccc(OC(C)C)cc2)nc(Cl)c1F. The van der Waals surface area contributed by atoms with E-state index in [2.05, 4.69) is 9.97 Å². The lowest BCUT2D eigenvalue weighted by Gasteiger charge is -2.10. The van der Waals surface area contributed by atoms with E-state index < -0.39 is 5.82 Å². The summed E-state index contributed by atoms with van der Waals surface area (Å²) < 4.78 is 18.9. The van der Waals surface area contributed by atoms with Gasteiger partial charge in [-0.1, -0.05) is 11.6 Å². The van der Waals surface area contributed by atoms with Crippen LogP contribution in [0.2, 0.25) is 5.15 Å². The topological polar surface area (TPSA) is 35.0 Å². The third-order valence-electron chi connectivity index (χ3n) is 2.46. The van der Waals surface area contributed by atoms with Gasteiger partial charge in [0.25, 0.3) is 0 Å². The van der Waals surface area contributed by atoms with E-state index in [1.807, 2.05) is 38.1 Å². The molecule has 1 aromatic carbocycles. The predicted molar refractivity (Wildman–Crippen MR) is 72.9 cm³/mol. The van der Waals surface area contributed by atoms with Gasteiger partial charge in [-0.3, -0.25) is 0 Å². The number of halogens is 2. The highest BCUT2D eigenvalue weighted by atomic mass is 35.5. The minimum Gasteiger partial charge on any atom is -0.491 e. The summed E-state index contributed by atoms with van der Waals surface area (Å²) in [4.78, 5) is 8.02. The second-order valence-corrected chi connectivity index (χ2v) is 4.79. The first-order chi connectivity index (χ1) is 8.97. The number of hydrogen-bond donors (Lipinski definition) is 0. The summed E-state index contributed by atoms with van der Waals surface area (Å²) in [7, 11) is 0. The van der Waals surface area contributed by atoms with Crippen molar-refractivity contribution in [3.05, 3.63) is 40.9 Å². The Morgan fingerprint density at radius 3 is 2.32 bits per heavy atom. The van der Waals surface area contributed by atoms with E-state index in [4.69, 9.17) is 16.3 Å². The van der Waals surface area contributed by atoms with E-state index in [1.165, 1.54) is 0 Å². The molecule has 0 amide bonds. The Morgan fingerprint density at radius 1 is 1.16 bits per heavy atom.